The van der Waals surface area contributed by atoms with E-state index < -0.39 is 0 Å². The molecule has 2 aromatic rings. The highest BCUT2D eigenvalue weighted by atomic mass is 16.5. The van der Waals surface area contributed by atoms with Crippen LogP contribution in [0.25, 0.3) is 11.3 Å². The number of rotatable bonds is 2. The first-order valence-electron chi connectivity index (χ1n) is 6.45. The summed E-state index contributed by atoms with van der Waals surface area (Å²) < 4.78 is 4.96. The van der Waals surface area contributed by atoms with Crippen LogP contribution in [0, 0.1) is 0 Å². The van der Waals surface area contributed by atoms with E-state index in [1.54, 1.807) is 6.26 Å². The summed E-state index contributed by atoms with van der Waals surface area (Å²) in [5.74, 6) is 0.705. The van der Waals surface area contributed by atoms with Crippen LogP contribution < -0.4 is 0 Å². The highest BCUT2D eigenvalue weighted by molar-refractivity contribution is 5.63. The normalized spacial score (nSPS) is 17.2. The molecular weight excluding hydrogens is 210 g/mol. The Hall–Kier alpha value is -1.57. The van der Waals surface area contributed by atoms with Crippen molar-refractivity contribution in [2.24, 2.45) is 0 Å². The van der Waals surface area contributed by atoms with Crippen LogP contribution in [0.1, 0.15) is 43.6 Å². The molecule has 0 spiro atoms. The molecule has 2 heteroatoms. The number of nitrogens with zero attached hydrogens (tertiary/aromatic N) is 1. The lowest BCUT2D eigenvalue weighted by Gasteiger charge is -2.23. The van der Waals surface area contributed by atoms with E-state index in [0.717, 1.165) is 5.69 Å². The summed E-state index contributed by atoms with van der Waals surface area (Å²) in [5, 5.41) is 4.07. The third-order valence-corrected chi connectivity index (χ3v) is 3.72. The van der Waals surface area contributed by atoms with Gasteiger partial charge in [0.05, 0.1) is 0 Å². The van der Waals surface area contributed by atoms with Crippen LogP contribution in [-0.4, -0.2) is 5.16 Å². The molecule has 0 radical (unpaired) electrons. The number of benzene rings is 1. The molecule has 3 rings (SSSR count). The Labute approximate surface area is 102 Å². The predicted molar refractivity (Wildman–Crippen MR) is 67.8 cm³/mol. The smallest absolute Gasteiger partial charge is 0.124 e. The molecule has 0 unspecified atom stereocenters. The summed E-state index contributed by atoms with van der Waals surface area (Å²) in [6, 6.07) is 10.6. The predicted octanol–water partition coefficient (Wildman–Crippen LogP) is 4.39. The lowest BCUT2D eigenvalue weighted by molar-refractivity contribution is 0.421. The van der Waals surface area contributed by atoms with Gasteiger partial charge in [-0.3, -0.25) is 0 Å². The number of hydrogen-bond acceptors (Lipinski definition) is 2. The average molecular weight is 227 g/mol. The molecule has 1 heterocycles. The lowest BCUT2D eigenvalue weighted by atomic mass is 9.81. The Morgan fingerprint density at radius 3 is 2.59 bits per heavy atom. The third-order valence-electron chi connectivity index (χ3n) is 3.72. The first-order chi connectivity index (χ1) is 8.45. The maximum absolute atomic E-state index is 4.96. The molecule has 1 aromatic heterocycles. The van der Waals surface area contributed by atoms with Gasteiger partial charge < -0.3 is 4.52 Å². The fourth-order valence-corrected chi connectivity index (χ4v) is 2.85. The molecular formula is C15H17NO. The standard InChI is InChI=1S/C15H17NO/c1-2-6-12(7-3-1)13-8-4-5-9-14(13)15-10-11-17-16-15/h4-5,8-12H,1-3,6-7H2. The van der Waals surface area contributed by atoms with Gasteiger partial charge in [-0.25, -0.2) is 0 Å². The van der Waals surface area contributed by atoms with Crippen LogP contribution in [-0.2, 0) is 0 Å². The molecule has 1 aromatic carbocycles. The van der Waals surface area contributed by atoms with Gasteiger partial charge in [0, 0.05) is 11.6 Å². The lowest BCUT2D eigenvalue weighted by Crippen LogP contribution is -2.05. The van der Waals surface area contributed by atoms with Crippen LogP contribution in [0.2, 0.25) is 0 Å². The molecule has 17 heavy (non-hydrogen) atoms. The fourth-order valence-electron chi connectivity index (χ4n) is 2.85. The second-order valence-corrected chi connectivity index (χ2v) is 4.81. The van der Waals surface area contributed by atoms with Gasteiger partial charge in [-0.2, -0.15) is 0 Å². The van der Waals surface area contributed by atoms with Gasteiger partial charge in [0.2, 0.25) is 0 Å². The molecule has 1 aliphatic rings. The highest BCUT2D eigenvalue weighted by Crippen LogP contribution is 2.37. The first kappa shape index (κ1) is 10.6. The van der Waals surface area contributed by atoms with Crippen molar-refractivity contribution in [3.8, 4) is 11.3 Å². The zero-order valence-corrected chi connectivity index (χ0v) is 9.93. The summed E-state index contributed by atoms with van der Waals surface area (Å²) in [6.45, 7) is 0. The Morgan fingerprint density at radius 1 is 1.00 bits per heavy atom. The maximum atomic E-state index is 4.96. The number of aromatic nitrogens is 1. The molecule has 2 nitrogen and oxygen atoms in total. The minimum Gasteiger partial charge on any atom is -0.364 e. The minimum absolute atomic E-state index is 0.705. The Balaban J connectivity index is 1.98. The van der Waals surface area contributed by atoms with Gasteiger partial charge in [0.15, 0.2) is 0 Å². The molecule has 0 N–H and O–H groups in total. The number of hydrogen-bond donors (Lipinski definition) is 0. The fraction of sp³-hybridized carbons (Fsp3) is 0.400. The monoisotopic (exact) mass is 227 g/mol. The van der Waals surface area contributed by atoms with E-state index in [9.17, 15) is 0 Å². The van der Waals surface area contributed by atoms with Crippen molar-refractivity contribution in [2.75, 3.05) is 0 Å². The molecule has 0 saturated heterocycles. The molecule has 88 valence electrons. The van der Waals surface area contributed by atoms with Crippen molar-refractivity contribution in [2.45, 2.75) is 38.0 Å². The van der Waals surface area contributed by atoms with Crippen molar-refractivity contribution in [3.05, 3.63) is 42.2 Å². The first-order valence-corrected chi connectivity index (χ1v) is 6.45. The van der Waals surface area contributed by atoms with Gasteiger partial charge in [0.1, 0.15) is 12.0 Å². The van der Waals surface area contributed by atoms with Crippen LogP contribution in [0.3, 0.4) is 0 Å². The van der Waals surface area contributed by atoms with Gasteiger partial charge in [-0.05, 0) is 24.3 Å². The van der Waals surface area contributed by atoms with E-state index in [1.165, 1.54) is 43.2 Å². The molecule has 0 amide bonds. The van der Waals surface area contributed by atoms with Crippen molar-refractivity contribution >= 4 is 0 Å². The minimum atomic E-state index is 0.705. The van der Waals surface area contributed by atoms with Crippen molar-refractivity contribution < 1.29 is 4.52 Å². The van der Waals surface area contributed by atoms with Gasteiger partial charge in [-0.1, -0.05) is 48.7 Å². The molecule has 1 saturated carbocycles. The largest absolute Gasteiger partial charge is 0.364 e. The van der Waals surface area contributed by atoms with Gasteiger partial charge in [0.25, 0.3) is 0 Å². The average Bonchev–Trinajstić information content (AvgIpc) is 2.94. The van der Waals surface area contributed by atoms with Crippen molar-refractivity contribution in [1.29, 1.82) is 0 Å². The van der Waals surface area contributed by atoms with Crippen molar-refractivity contribution in [3.63, 3.8) is 0 Å². The van der Waals surface area contributed by atoms with Gasteiger partial charge >= 0.3 is 0 Å². The third kappa shape index (κ3) is 2.12. The Kier molecular flexibility index (Phi) is 2.95. The molecule has 1 fully saturated rings. The maximum Gasteiger partial charge on any atom is 0.124 e. The Morgan fingerprint density at radius 2 is 1.82 bits per heavy atom. The van der Waals surface area contributed by atoms with Crippen molar-refractivity contribution in [1.82, 2.24) is 5.16 Å². The van der Waals surface area contributed by atoms with Gasteiger partial charge in [-0.15, -0.1) is 0 Å². The second kappa shape index (κ2) is 4.74. The molecule has 1 aliphatic carbocycles. The van der Waals surface area contributed by atoms with E-state index in [4.69, 9.17) is 4.52 Å². The molecule has 0 aliphatic heterocycles. The Bertz CT molecular complexity index is 469. The highest BCUT2D eigenvalue weighted by Gasteiger charge is 2.19. The molecule has 0 bridgehead atoms. The quantitative estimate of drug-likeness (QED) is 0.760. The van der Waals surface area contributed by atoms with Crippen LogP contribution >= 0.6 is 0 Å². The van der Waals surface area contributed by atoms with Crippen LogP contribution in [0.5, 0.6) is 0 Å². The van der Waals surface area contributed by atoms with Crippen LogP contribution in [0.4, 0.5) is 0 Å². The van der Waals surface area contributed by atoms with E-state index in [0.29, 0.717) is 5.92 Å². The summed E-state index contributed by atoms with van der Waals surface area (Å²) in [4.78, 5) is 0. The SMILES string of the molecule is c1ccc(C2CCCCC2)c(-c2ccon2)c1. The van der Waals surface area contributed by atoms with Crippen LogP contribution in [0.15, 0.2) is 41.1 Å². The van der Waals surface area contributed by atoms with E-state index in [-0.39, 0.29) is 0 Å². The zero-order chi connectivity index (χ0) is 11.5. The summed E-state index contributed by atoms with van der Waals surface area (Å²) >= 11 is 0. The summed E-state index contributed by atoms with van der Waals surface area (Å²) in [6.07, 6.45) is 8.38. The summed E-state index contributed by atoms with van der Waals surface area (Å²) in [5.41, 5.74) is 3.65. The zero-order valence-electron chi connectivity index (χ0n) is 9.93. The van der Waals surface area contributed by atoms with E-state index in [1.807, 2.05) is 6.07 Å². The molecule has 0 atom stereocenters. The van der Waals surface area contributed by atoms with E-state index in [2.05, 4.69) is 29.4 Å². The summed E-state index contributed by atoms with van der Waals surface area (Å²) in [7, 11) is 0. The van der Waals surface area contributed by atoms with E-state index >= 15 is 0 Å². The second-order valence-electron chi connectivity index (χ2n) is 4.81. The topological polar surface area (TPSA) is 26.0 Å².